The number of amides is 2. The van der Waals surface area contributed by atoms with E-state index < -0.39 is 0 Å². The third-order valence-electron chi connectivity index (χ3n) is 3.64. The van der Waals surface area contributed by atoms with Crippen LogP contribution in [-0.2, 0) is 9.59 Å². The zero-order valence-corrected chi connectivity index (χ0v) is 16.7. The number of carbonyl (C=O) groups is 2. The maximum Gasteiger partial charge on any atom is 0.234 e. The minimum atomic E-state index is -0.114. The van der Waals surface area contributed by atoms with Gasteiger partial charge < -0.3 is 10.6 Å². The van der Waals surface area contributed by atoms with Gasteiger partial charge in [0.1, 0.15) is 0 Å². The van der Waals surface area contributed by atoms with Gasteiger partial charge in [0.05, 0.1) is 5.75 Å². The molecule has 3 rings (SSSR count). The number of fused-ring (bicyclic) bond motifs is 1. The summed E-state index contributed by atoms with van der Waals surface area (Å²) in [6, 6.07) is 13.7. The minimum Gasteiger partial charge on any atom is -0.325 e. The van der Waals surface area contributed by atoms with Gasteiger partial charge in [-0.05, 0) is 17.4 Å². The number of hydrogen-bond donors (Lipinski definition) is 2. The van der Waals surface area contributed by atoms with E-state index in [1.165, 1.54) is 23.1 Å². The quantitative estimate of drug-likeness (QED) is 0.453. The summed E-state index contributed by atoms with van der Waals surface area (Å²) in [5.41, 5.74) is 0.789. The second-order valence-corrected chi connectivity index (χ2v) is 8.58. The fraction of sp³-hybridized carbons (Fsp3) is 0.263. The molecule has 0 saturated carbocycles. The molecule has 0 atom stereocenters. The second kappa shape index (κ2) is 8.96. The molecule has 0 bridgehead atoms. The Bertz CT molecular complexity index is 950. The molecule has 6 nitrogen and oxygen atoms in total. The molecular weight excluding hydrogens is 380 g/mol. The Kier molecular flexibility index (Phi) is 6.41. The summed E-state index contributed by atoms with van der Waals surface area (Å²) in [6.45, 7) is 3.96. The number of hydrogen-bond acceptors (Lipinski definition) is 6. The molecule has 0 aliphatic rings. The van der Waals surface area contributed by atoms with Crippen LogP contribution in [0, 0.1) is 5.92 Å². The van der Waals surface area contributed by atoms with E-state index in [2.05, 4.69) is 20.8 Å². The molecule has 0 spiro atoms. The van der Waals surface area contributed by atoms with Crippen LogP contribution in [-0.4, -0.2) is 27.8 Å². The monoisotopic (exact) mass is 400 g/mol. The van der Waals surface area contributed by atoms with Gasteiger partial charge in [-0.3, -0.25) is 9.59 Å². The number of anilines is 2. The second-order valence-electron chi connectivity index (χ2n) is 6.38. The van der Waals surface area contributed by atoms with E-state index >= 15 is 0 Å². The Morgan fingerprint density at radius 2 is 1.81 bits per heavy atom. The summed E-state index contributed by atoms with van der Waals surface area (Å²) in [4.78, 5) is 24.1. The molecule has 27 heavy (non-hydrogen) atoms. The fourth-order valence-electron chi connectivity index (χ4n) is 2.51. The standard InChI is InChI=1S/C19H20N4O2S2/c1-12(2)10-16(24)21-18-22-23-19(27-18)26-11-17(25)20-15-9-5-7-13-6-3-4-8-14(13)15/h3-9,12H,10-11H2,1-2H3,(H,20,25)(H,21,22,24). The summed E-state index contributed by atoms with van der Waals surface area (Å²) in [7, 11) is 0. The van der Waals surface area contributed by atoms with Gasteiger partial charge in [0.2, 0.25) is 16.9 Å². The van der Waals surface area contributed by atoms with Crippen LogP contribution in [0.4, 0.5) is 10.8 Å². The van der Waals surface area contributed by atoms with Crippen molar-refractivity contribution < 1.29 is 9.59 Å². The molecule has 2 aromatic carbocycles. The third-order valence-corrected chi connectivity index (χ3v) is 5.61. The lowest BCUT2D eigenvalue weighted by Crippen LogP contribution is -2.14. The molecule has 0 fully saturated rings. The Labute approximate surface area is 165 Å². The van der Waals surface area contributed by atoms with Crippen molar-refractivity contribution in [1.29, 1.82) is 0 Å². The Morgan fingerprint density at radius 1 is 1.04 bits per heavy atom. The molecule has 1 heterocycles. The van der Waals surface area contributed by atoms with E-state index in [1.54, 1.807) is 0 Å². The highest BCUT2D eigenvalue weighted by atomic mass is 32.2. The number of nitrogens with zero attached hydrogens (tertiary/aromatic N) is 2. The number of benzene rings is 2. The molecular formula is C19H20N4O2S2. The molecule has 3 aromatic rings. The normalized spacial score (nSPS) is 10.9. The molecule has 0 radical (unpaired) electrons. The van der Waals surface area contributed by atoms with E-state index in [1.807, 2.05) is 56.3 Å². The van der Waals surface area contributed by atoms with Crippen LogP contribution in [0.25, 0.3) is 10.8 Å². The van der Waals surface area contributed by atoms with Crippen molar-refractivity contribution in [2.24, 2.45) is 5.92 Å². The maximum atomic E-state index is 12.3. The van der Waals surface area contributed by atoms with Crippen molar-refractivity contribution in [3.05, 3.63) is 42.5 Å². The van der Waals surface area contributed by atoms with Gasteiger partial charge in [-0.1, -0.05) is 73.3 Å². The van der Waals surface area contributed by atoms with Gasteiger partial charge in [-0.25, -0.2) is 0 Å². The average Bonchev–Trinajstić information content (AvgIpc) is 3.07. The number of carbonyl (C=O) groups excluding carboxylic acids is 2. The molecule has 2 N–H and O–H groups in total. The van der Waals surface area contributed by atoms with Gasteiger partial charge in [-0.2, -0.15) is 0 Å². The molecule has 0 aliphatic heterocycles. The van der Waals surface area contributed by atoms with Crippen LogP contribution in [0.5, 0.6) is 0 Å². The van der Waals surface area contributed by atoms with Crippen LogP contribution < -0.4 is 10.6 Å². The number of thioether (sulfide) groups is 1. The first-order valence-corrected chi connectivity index (χ1v) is 10.4. The Balaban J connectivity index is 1.54. The summed E-state index contributed by atoms with van der Waals surface area (Å²) in [6.07, 6.45) is 0.440. The predicted octanol–water partition coefficient (Wildman–Crippen LogP) is 4.41. The highest BCUT2D eigenvalue weighted by molar-refractivity contribution is 8.01. The van der Waals surface area contributed by atoms with Crippen molar-refractivity contribution in [1.82, 2.24) is 10.2 Å². The SMILES string of the molecule is CC(C)CC(=O)Nc1nnc(SCC(=O)Nc2cccc3ccccc23)s1. The van der Waals surface area contributed by atoms with E-state index in [9.17, 15) is 9.59 Å². The van der Waals surface area contributed by atoms with Crippen LogP contribution in [0.1, 0.15) is 20.3 Å². The lowest BCUT2D eigenvalue weighted by molar-refractivity contribution is -0.117. The summed E-state index contributed by atoms with van der Waals surface area (Å²) < 4.78 is 0.642. The van der Waals surface area contributed by atoms with E-state index in [4.69, 9.17) is 0 Å². The van der Waals surface area contributed by atoms with E-state index in [0.717, 1.165) is 16.5 Å². The first kappa shape index (κ1) is 19.3. The fourth-order valence-corrected chi connectivity index (χ4v) is 4.08. The van der Waals surface area contributed by atoms with Crippen LogP contribution in [0.2, 0.25) is 0 Å². The summed E-state index contributed by atoms with van der Waals surface area (Å²) in [5, 5.41) is 16.2. The number of aromatic nitrogens is 2. The summed E-state index contributed by atoms with van der Waals surface area (Å²) in [5.74, 6) is 0.311. The van der Waals surface area contributed by atoms with Gasteiger partial charge in [0.25, 0.3) is 0 Å². The Morgan fingerprint density at radius 3 is 2.63 bits per heavy atom. The van der Waals surface area contributed by atoms with Crippen molar-refractivity contribution >= 4 is 56.5 Å². The first-order valence-electron chi connectivity index (χ1n) is 8.55. The molecule has 8 heteroatoms. The lowest BCUT2D eigenvalue weighted by atomic mass is 10.1. The van der Waals surface area contributed by atoms with Gasteiger partial charge in [-0.15, -0.1) is 10.2 Å². The molecule has 0 aliphatic carbocycles. The Hall–Kier alpha value is -2.45. The zero-order chi connectivity index (χ0) is 19.2. The largest absolute Gasteiger partial charge is 0.325 e. The van der Waals surface area contributed by atoms with Gasteiger partial charge in [0.15, 0.2) is 4.34 Å². The smallest absolute Gasteiger partial charge is 0.234 e. The maximum absolute atomic E-state index is 12.3. The number of rotatable bonds is 7. The molecule has 2 amide bonds. The lowest BCUT2D eigenvalue weighted by Gasteiger charge is -2.08. The third kappa shape index (κ3) is 5.51. The van der Waals surface area contributed by atoms with Gasteiger partial charge in [0, 0.05) is 17.5 Å². The highest BCUT2D eigenvalue weighted by Gasteiger charge is 2.12. The molecule has 0 saturated heterocycles. The molecule has 1 aromatic heterocycles. The van der Waals surface area contributed by atoms with Gasteiger partial charge >= 0.3 is 0 Å². The minimum absolute atomic E-state index is 0.0774. The van der Waals surface area contributed by atoms with Crippen molar-refractivity contribution in [2.45, 2.75) is 24.6 Å². The molecule has 0 unspecified atom stereocenters. The average molecular weight is 401 g/mol. The van der Waals surface area contributed by atoms with E-state index in [-0.39, 0.29) is 23.5 Å². The van der Waals surface area contributed by atoms with Crippen LogP contribution in [0.15, 0.2) is 46.8 Å². The zero-order valence-electron chi connectivity index (χ0n) is 15.1. The van der Waals surface area contributed by atoms with Crippen molar-refractivity contribution in [2.75, 3.05) is 16.4 Å². The van der Waals surface area contributed by atoms with Crippen LogP contribution >= 0.6 is 23.1 Å². The van der Waals surface area contributed by atoms with Crippen LogP contribution in [0.3, 0.4) is 0 Å². The predicted molar refractivity (Wildman–Crippen MR) is 111 cm³/mol. The topological polar surface area (TPSA) is 84.0 Å². The van der Waals surface area contributed by atoms with Crippen molar-refractivity contribution in [3.8, 4) is 0 Å². The molecule has 140 valence electrons. The van der Waals surface area contributed by atoms with Crippen molar-refractivity contribution in [3.63, 3.8) is 0 Å². The summed E-state index contributed by atoms with van der Waals surface area (Å²) >= 11 is 2.56. The number of nitrogens with one attached hydrogen (secondary N) is 2. The highest BCUT2D eigenvalue weighted by Crippen LogP contribution is 2.27. The first-order chi connectivity index (χ1) is 13.0. The van der Waals surface area contributed by atoms with E-state index in [0.29, 0.717) is 15.9 Å².